The van der Waals surface area contributed by atoms with Crippen molar-refractivity contribution in [3.05, 3.63) is 77.1 Å². The number of amides is 1. The number of hydrogen-bond acceptors (Lipinski definition) is 4. The number of nitrogens with zero attached hydrogens (tertiary/aromatic N) is 4. The summed E-state index contributed by atoms with van der Waals surface area (Å²) in [6, 6.07) is 5.52. The molecule has 1 saturated heterocycles. The van der Waals surface area contributed by atoms with Crippen molar-refractivity contribution in [2.24, 2.45) is 0 Å². The highest BCUT2D eigenvalue weighted by atomic mass is 35.5. The van der Waals surface area contributed by atoms with Crippen molar-refractivity contribution in [1.29, 1.82) is 0 Å². The molecule has 1 fully saturated rings. The van der Waals surface area contributed by atoms with Gasteiger partial charge >= 0.3 is 6.18 Å². The maximum Gasteiger partial charge on any atom is 0.420 e. The Kier molecular flexibility index (Phi) is 5.66. The zero-order valence-electron chi connectivity index (χ0n) is 17.8. The molecule has 0 atom stereocenters. The number of piperazine rings is 1. The maximum atomic E-state index is 14.1. The minimum Gasteiger partial charge on any atom is -0.472 e. The van der Waals surface area contributed by atoms with Crippen LogP contribution in [-0.4, -0.2) is 46.4 Å². The number of imidazole rings is 1. The molecule has 4 aromatic rings. The predicted octanol–water partition coefficient (Wildman–Crippen LogP) is 5.51. The third kappa shape index (κ3) is 4.20. The minimum absolute atomic E-state index is 0.0736. The van der Waals surface area contributed by atoms with Crippen molar-refractivity contribution < 1.29 is 31.2 Å². The first kappa shape index (κ1) is 23.2. The van der Waals surface area contributed by atoms with Crippen molar-refractivity contribution >= 4 is 28.8 Å². The molecule has 0 saturated carbocycles. The number of pyridine rings is 1. The van der Waals surface area contributed by atoms with Crippen molar-refractivity contribution in [2.45, 2.75) is 6.18 Å². The van der Waals surface area contributed by atoms with Crippen LogP contribution < -0.4 is 4.90 Å². The summed E-state index contributed by atoms with van der Waals surface area (Å²) in [7, 11) is 0. The van der Waals surface area contributed by atoms with Crippen LogP contribution in [-0.2, 0) is 6.18 Å². The van der Waals surface area contributed by atoms with Gasteiger partial charge in [0.25, 0.3) is 5.91 Å². The Labute approximate surface area is 200 Å². The number of aromatic nitrogens is 2. The van der Waals surface area contributed by atoms with E-state index in [2.05, 4.69) is 4.98 Å². The van der Waals surface area contributed by atoms with E-state index in [0.717, 1.165) is 28.7 Å². The van der Waals surface area contributed by atoms with Gasteiger partial charge in [0.2, 0.25) is 0 Å². The number of fused-ring (bicyclic) bond motifs is 1. The quantitative estimate of drug-likeness (QED) is 0.341. The second-order valence-electron chi connectivity index (χ2n) is 7.97. The molecule has 0 radical (unpaired) electrons. The summed E-state index contributed by atoms with van der Waals surface area (Å²) in [5.74, 6) is -1.84. The minimum atomic E-state index is -4.75. The van der Waals surface area contributed by atoms with E-state index in [-0.39, 0.29) is 48.3 Å². The SMILES string of the molecule is O=C(c1nc2c(C(F)(F)F)cc(-c3ccoc3)cn2c1Cl)N1CCN(c2cc(F)ccc2F)CC1. The zero-order chi connectivity index (χ0) is 24.9. The molecule has 0 bridgehead atoms. The van der Waals surface area contributed by atoms with Gasteiger partial charge in [-0.15, -0.1) is 0 Å². The topological polar surface area (TPSA) is 54.0 Å². The van der Waals surface area contributed by atoms with Gasteiger partial charge in [-0.05, 0) is 24.3 Å². The number of hydrogen-bond donors (Lipinski definition) is 0. The number of rotatable bonds is 3. The van der Waals surface area contributed by atoms with Gasteiger partial charge in [-0.3, -0.25) is 9.20 Å². The van der Waals surface area contributed by atoms with Crippen LogP contribution in [0.4, 0.5) is 27.6 Å². The molecule has 4 heterocycles. The van der Waals surface area contributed by atoms with E-state index in [0.29, 0.717) is 5.56 Å². The second kappa shape index (κ2) is 8.56. The molecule has 1 aliphatic rings. The first-order chi connectivity index (χ1) is 16.6. The van der Waals surface area contributed by atoms with Crippen LogP contribution in [0.2, 0.25) is 5.15 Å². The Balaban J connectivity index is 1.46. The van der Waals surface area contributed by atoms with Crippen LogP contribution >= 0.6 is 11.6 Å². The van der Waals surface area contributed by atoms with E-state index >= 15 is 0 Å². The van der Waals surface area contributed by atoms with Crippen molar-refractivity contribution in [3.8, 4) is 11.1 Å². The van der Waals surface area contributed by atoms with Gasteiger partial charge in [-0.2, -0.15) is 13.2 Å². The van der Waals surface area contributed by atoms with Crippen LogP contribution in [0.3, 0.4) is 0 Å². The van der Waals surface area contributed by atoms with Crippen LogP contribution in [0.15, 0.2) is 53.5 Å². The average molecular weight is 511 g/mol. The number of alkyl halides is 3. The van der Waals surface area contributed by atoms with Crippen LogP contribution in [0.25, 0.3) is 16.8 Å². The van der Waals surface area contributed by atoms with Crippen LogP contribution in [0, 0.1) is 11.6 Å². The lowest BCUT2D eigenvalue weighted by Crippen LogP contribution is -2.49. The van der Waals surface area contributed by atoms with Crippen LogP contribution in [0.5, 0.6) is 0 Å². The predicted molar refractivity (Wildman–Crippen MR) is 117 cm³/mol. The summed E-state index contributed by atoms with van der Waals surface area (Å²) in [5.41, 5.74) is -1.23. The van der Waals surface area contributed by atoms with Gasteiger partial charge in [-0.25, -0.2) is 13.8 Å². The van der Waals surface area contributed by atoms with Crippen molar-refractivity contribution in [2.75, 3.05) is 31.1 Å². The lowest BCUT2D eigenvalue weighted by atomic mass is 10.1. The van der Waals surface area contributed by atoms with E-state index in [1.807, 2.05) is 0 Å². The Bertz CT molecular complexity index is 1410. The molecule has 35 heavy (non-hydrogen) atoms. The number of benzene rings is 1. The second-order valence-corrected chi connectivity index (χ2v) is 8.33. The highest BCUT2D eigenvalue weighted by molar-refractivity contribution is 6.33. The molecule has 6 nitrogen and oxygen atoms in total. The Morgan fingerprint density at radius 3 is 2.43 bits per heavy atom. The fraction of sp³-hybridized carbons (Fsp3) is 0.217. The average Bonchev–Trinajstić information content (AvgIpc) is 3.48. The highest BCUT2D eigenvalue weighted by Crippen LogP contribution is 2.37. The molecular weight excluding hydrogens is 495 g/mol. The zero-order valence-corrected chi connectivity index (χ0v) is 18.6. The molecule has 12 heteroatoms. The molecule has 0 spiro atoms. The largest absolute Gasteiger partial charge is 0.472 e. The summed E-state index contributed by atoms with van der Waals surface area (Å²) >= 11 is 6.35. The van der Waals surface area contributed by atoms with Gasteiger partial charge < -0.3 is 14.2 Å². The number of carbonyl (C=O) groups excluding carboxylic acids is 1. The molecule has 1 aliphatic heterocycles. The molecule has 182 valence electrons. The first-order valence-corrected chi connectivity index (χ1v) is 10.8. The Morgan fingerprint density at radius 1 is 1.03 bits per heavy atom. The standard InChI is InChI=1S/C23H16ClF5N4O2/c24-20-19(22(34)32-6-4-31(5-7-32)18-10-15(25)1-2-17(18)26)30-21-16(23(27,28)29)9-14(11-33(20)21)13-3-8-35-12-13/h1-3,8-12H,4-7H2. The molecule has 0 N–H and O–H groups in total. The number of halogens is 6. The summed E-state index contributed by atoms with van der Waals surface area (Å²) in [6.07, 6.45) is -0.783. The maximum absolute atomic E-state index is 14.1. The number of anilines is 1. The third-order valence-corrected chi connectivity index (χ3v) is 6.20. The fourth-order valence-corrected chi connectivity index (χ4v) is 4.33. The molecule has 1 aromatic carbocycles. The van der Waals surface area contributed by atoms with Crippen molar-refractivity contribution in [1.82, 2.24) is 14.3 Å². The summed E-state index contributed by atoms with van der Waals surface area (Å²) in [6.45, 7) is 0.613. The van der Waals surface area contributed by atoms with E-state index in [1.54, 1.807) is 4.90 Å². The van der Waals surface area contributed by atoms with Crippen LogP contribution in [0.1, 0.15) is 16.1 Å². The van der Waals surface area contributed by atoms with E-state index in [1.165, 1.54) is 29.7 Å². The van der Waals surface area contributed by atoms with E-state index in [4.69, 9.17) is 16.0 Å². The van der Waals surface area contributed by atoms with Crippen molar-refractivity contribution in [3.63, 3.8) is 0 Å². The molecule has 0 aliphatic carbocycles. The summed E-state index contributed by atoms with van der Waals surface area (Å²) in [4.78, 5) is 20.1. The van der Waals surface area contributed by atoms with Gasteiger partial charge in [0, 0.05) is 49.6 Å². The lowest BCUT2D eigenvalue weighted by molar-refractivity contribution is -0.136. The Hall–Kier alpha value is -3.60. The number of carbonyl (C=O) groups is 1. The van der Waals surface area contributed by atoms with Gasteiger partial charge in [0.1, 0.15) is 16.8 Å². The fourth-order valence-electron chi connectivity index (χ4n) is 4.08. The molecule has 3 aromatic heterocycles. The summed E-state index contributed by atoms with van der Waals surface area (Å²) < 4.78 is 75.1. The monoisotopic (exact) mass is 510 g/mol. The van der Waals surface area contributed by atoms with Gasteiger partial charge in [-0.1, -0.05) is 11.6 Å². The third-order valence-electron chi connectivity index (χ3n) is 5.84. The highest BCUT2D eigenvalue weighted by Gasteiger charge is 2.37. The first-order valence-electron chi connectivity index (χ1n) is 10.4. The van der Waals surface area contributed by atoms with E-state index < -0.39 is 34.9 Å². The smallest absolute Gasteiger partial charge is 0.420 e. The Morgan fingerprint density at radius 2 is 1.77 bits per heavy atom. The van der Waals surface area contributed by atoms with E-state index in [9.17, 15) is 26.7 Å². The molecule has 0 unspecified atom stereocenters. The number of furan rings is 1. The molecular formula is C23H16ClF5N4O2. The molecule has 5 rings (SSSR count). The van der Waals surface area contributed by atoms with Gasteiger partial charge in [0.05, 0.1) is 23.8 Å². The van der Waals surface area contributed by atoms with Gasteiger partial charge in [0.15, 0.2) is 11.3 Å². The lowest BCUT2D eigenvalue weighted by Gasteiger charge is -2.36. The normalized spacial score (nSPS) is 14.7. The summed E-state index contributed by atoms with van der Waals surface area (Å²) in [5, 5.41) is -0.264. The molecule has 1 amide bonds.